The third kappa shape index (κ3) is 5.77. The highest BCUT2D eigenvalue weighted by Gasteiger charge is 2.59. The van der Waals surface area contributed by atoms with E-state index >= 15 is 0 Å². The molecule has 0 saturated carbocycles. The maximum Gasteiger partial charge on any atom is 0.0726 e. The molecular formula is C70H47N. The Kier molecular flexibility index (Phi) is 9.13. The molecule has 71 heavy (non-hydrogen) atoms. The van der Waals surface area contributed by atoms with Gasteiger partial charge in [-0.1, -0.05) is 218 Å². The summed E-state index contributed by atoms with van der Waals surface area (Å²) in [6.07, 6.45) is 9.97. The van der Waals surface area contributed by atoms with Gasteiger partial charge in [-0.25, -0.2) is 0 Å². The monoisotopic (exact) mass is 901 g/mol. The molecule has 9 aromatic rings. The van der Waals surface area contributed by atoms with Gasteiger partial charge in [-0.05, 0) is 172 Å². The number of hydrogen-bond acceptors (Lipinski definition) is 1. The first-order valence-corrected chi connectivity index (χ1v) is 24.8. The first-order chi connectivity index (χ1) is 35.1. The molecule has 0 saturated heterocycles. The largest absolute Gasteiger partial charge is 0.398 e. The van der Waals surface area contributed by atoms with Gasteiger partial charge in [0.05, 0.1) is 10.8 Å². The summed E-state index contributed by atoms with van der Waals surface area (Å²) in [6, 6.07) is 80.7. The zero-order valence-corrected chi connectivity index (χ0v) is 39.4. The van der Waals surface area contributed by atoms with E-state index in [4.69, 9.17) is 5.73 Å². The number of hydrogen-bond donors (Lipinski definition) is 1. The van der Waals surface area contributed by atoms with Crippen molar-refractivity contribution >= 4 is 28.0 Å². The van der Waals surface area contributed by atoms with Gasteiger partial charge < -0.3 is 5.73 Å². The van der Waals surface area contributed by atoms with Crippen LogP contribution in [0.3, 0.4) is 0 Å². The molecule has 9 aromatic carbocycles. The molecule has 0 heterocycles. The van der Waals surface area contributed by atoms with Crippen molar-refractivity contribution in [3.05, 3.63) is 326 Å². The van der Waals surface area contributed by atoms with E-state index in [0.29, 0.717) is 0 Å². The number of nitrogens with two attached hydrogens (primary N) is 1. The molecule has 14 rings (SSSR count). The molecule has 0 aliphatic heterocycles. The fourth-order valence-corrected chi connectivity index (χ4v) is 13.2. The van der Waals surface area contributed by atoms with Crippen LogP contribution in [0.1, 0.15) is 74.5 Å². The van der Waals surface area contributed by atoms with E-state index in [-0.39, 0.29) is 0 Å². The lowest BCUT2D eigenvalue weighted by atomic mass is 9.51. The number of allylic oxidation sites excluding steroid dienone is 10. The lowest BCUT2D eigenvalue weighted by Crippen LogP contribution is -2.44. The van der Waals surface area contributed by atoms with Crippen molar-refractivity contribution in [2.24, 2.45) is 0 Å². The van der Waals surface area contributed by atoms with Gasteiger partial charge in [-0.3, -0.25) is 0 Å². The first-order valence-electron chi connectivity index (χ1n) is 24.8. The van der Waals surface area contributed by atoms with Crippen LogP contribution in [0, 0.1) is 0 Å². The molecule has 5 aliphatic rings. The molecule has 0 aromatic heterocycles. The maximum atomic E-state index is 7.69. The molecule has 5 aliphatic carbocycles. The molecule has 0 amide bonds. The van der Waals surface area contributed by atoms with Crippen LogP contribution in [0.2, 0.25) is 0 Å². The Morgan fingerprint density at radius 3 is 1.58 bits per heavy atom. The van der Waals surface area contributed by atoms with E-state index < -0.39 is 10.8 Å². The number of nitrogen functional groups attached to an aromatic ring is 1. The molecule has 2 N–H and O–H groups in total. The second-order valence-electron chi connectivity index (χ2n) is 19.5. The van der Waals surface area contributed by atoms with Gasteiger partial charge in [0.15, 0.2) is 0 Å². The molecule has 332 valence electrons. The fraction of sp³-hybridized carbons (Fsp3) is 0.0571. The second-order valence-corrected chi connectivity index (χ2v) is 19.5. The summed E-state index contributed by atoms with van der Waals surface area (Å²) >= 11 is 0. The van der Waals surface area contributed by atoms with Crippen molar-refractivity contribution in [1.29, 1.82) is 0 Å². The Morgan fingerprint density at radius 1 is 0.380 bits per heavy atom. The molecular weight excluding hydrogens is 855 g/mol. The molecule has 0 fully saturated rings. The minimum atomic E-state index is -0.668. The lowest BCUT2D eigenvalue weighted by molar-refractivity contribution is 0.630. The summed E-state index contributed by atoms with van der Waals surface area (Å²) in [7, 11) is 0. The van der Waals surface area contributed by atoms with Crippen molar-refractivity contribution in [3.8, 4) is 33.4 Å². The number of benzene rings is 9. The molecule has 1 unspecified atom stereocenters. The summed E-state index contributed by atoms with van der Waals surface area (Å²) < 4.78 is 0. The maximum absolute atomic E-state index is 7.69. The molecule has 0 radical (unpaired) electrons. The standard InChI is InChI=1S/C70H47N/c1-45-51(46-21-4-2-5-22-46)40-39-49(42-58(45)47-23-6-3-7-24-47)48-25-20-26-50(41-48)52-27-8-9-28-53(52)59-43-66-67(44-68(59)71)70(62-35-16-12-31-56(62)57-32-13-17-36-63(57)70)65-38-19-18-37-64(65)69(66)60-33-14-10-29-54(60)55-30-11-15-34-61(55)69/h2-10,12-14,16-38,40-44H,39,71H2,1H3. The van der Waals surface area contributed by atoms with E-state index in [1.54, 1.807) is 0 Å². The van der Waals surface area contributed by atoms with E-state index in [2.05, 4.69) is 261 Å². The van der Waals surface area contributed by atoms with Gasteiger partial charge in [0, 0.05) is 11.3 Å². The van der Waals surface area contributed by atoms with Gasteiger partial charge in [0.2, 0.25) is 0 Å². The van der Waals surface area contributed by atoms with Gasteiger partial charge in [-0.2, -0.15) is 0 Å². The van der Waals surface area contributed by atoms with Crippen molar-refractivity contribution in [2.45, 2.75) is 24.2 Å². The fourth-order valence-electron chi connectivity index (χ4n) is 13.2. The minimum absolute atomic E-state index is 0.625. The zero-order valence-electron chi connectivity index (χ0n) is 39.4. The zero-order chi connectivity index (χ0) is 47.3. The van der Waals surface area contributed by atoms with Crippen LogP contribution >= 0.6 is 0 Å². The van der Waals surface area contributed by atoms with Crippen LogP contribution in [0.25, 0.3) is 55.7 Å². The molecule has 0 bridgehead atoms. The van der Waals surface area contributed by atoms with Crippen LogP contribution in [-0.2, 0) is 10.8 Å². The third-order valence-corrected chi connectivity index (χ3v) is 16.1. The summed E-state index contributed by atoms with van der Waals surface area (Å²) in [5.74, 6) is 0. The van der Waals surface area contributed by atoms with E-state index in [0.717, 1.165) is 34.4 Å². The van der Waals surface area contributed by atoms with Gasteiger partial charge in [-0.15, -0.1) is 0 Å². The van der Waals surface area contributed by atoms with Gasteiger partial charge in [0.25, 0.3) is 0 Å². The van der Waals surface area contributed by atoms with Crippen molar-refractivity contribution in [3.63, 3.8) is 0 Å². The summed E-state index contributed by atoms with van der Waals surface area (Å²) in [4.78, 5) is 0. The molecule has 1 atom stereocenters. The summed E-state index contributed by atoms with van der Waals surface area (Å²) in [5.41, 5.74) is 42.1. The van der Waals surface area contributed by atoms with Crippen LogP contribution in [0.4, 0.5) is 5.69 Å². The average molecular weight is 902 g/mol. The van der Waals surface area contributed by atoms with Crippen molar-refractivity contribution in [2.75, 3.05) is 5.73 Å². The quantitative estimate of drug-likeness (QED) is 0.135. The molecule has 1 heteroatoms. The van der Waals surface area contributed by atoms with Crippen molar-refractivity contribution < 1.29 is 0 Å². The Hall–Kier alpha value is -8.96. The van der Waals surface area contributed by atoms with Crippen LogP contribution < -0.4 is 5.73 Å². The Labute approximate surface area is 415 Å². The predicted octanol–water partition coefficient (Wildman–Crippen LogP) is 16.6. The number of anilines is 1. The summed E-state index contributed by atoms with van der Waals surface area (Å²) in [6.45, 7) is 2.27. The molecule has 1 nitrogen and oxygen atoms in total. The topological polar surface area (TPSA) is 26.0 Å². The van der Waals surface area contributed by atoms with Gasteiger partial charge >= 0.3 is 0 Å². The first kappa shape index (κ1) is 41.1. The van der Waals surface area contributed by atoms with E-state index in [1.165, 1.54) is 106 Å². The minimum Gasteiger partial charge on any atom is -0.398 e. The Balaban J connectivity index is 1.00. The Morgan fingerprint density at radius 2 is 0.887 bits per heavy atom. The van der Waals surface area contributed by atoms with E-state index in [9.17, 15) is 0 Å². The van der Waals surface area contributed by atoms with E-state index in [1.807, 2.05) is 0 Å². The average Bonchev–Trinajstić information content (AvgIpc) is 3.83. The predicted molar refractivity (Wildman–Crippen MR) is 294 cm³/mol. The van der Waals surface area contributed by atoms with Crippen molar-refractivity contribution in [1.82, 2.24) is 0 Å². The highest BCUT2D eigenvalue weighted by molar-refractivity contribution is 6.01. The van der Waals surface area contributed by atoms with Crippen LogP contribution in [-0.4, -0.2) is 0 Å². The molecule has 2 spiro atoms. The summed E-state index contributed by atoms with van der Waals surface area (Å²) in [5, 5.41) is 0. The highest BCUT2D eigenvalue weighted by atomic mass is 14.6. The Bertz CT molecular complexity index is 3940. The normalized spacial score (nSPS) is 17.3. The second kappa shape index (κ2) is 15.8. The number of fused-ring (bicyclic) bond motifs is 15. The SMILES string of the molecule is CC1=C(c2ccccc2)C=C(c2cccc(-c3ccccc3-c3cc4c(cc3N)C3(c5ccccc5-c5ccccc53)c3ccccc3C43C4=C(C=C=C=C4)c4ccccc43)c2)CC=C1c1ccccc1. The highest BCUT2D eigenvalue weighted by Crippen LogP contribution is 2.68. The lowest BCUT2D eigenvalue weighted by Gasteiger charge is -2.49. The number of rotatable bonds is 5. The smallest absolute Gasteiger partial charge is 0.0726 e. The van der Waals surface area contributed by atoms with Crippen LogP contribution in [0.5, 0.6) is 0 Å². The van der Waals surface area contributed by atoms with Gasteiger partial charge in [0.1, 0.15) is 0 Å². The van der Waals surface area contributed by atoms with Crippen LogP contribution in [0.15, 0.2) is 265 Å². The third-order valence-electron chi connectivity index (χ3n) is 16.1.